The summed E-state index contributed by atoms with van der Waals surface area (Å²) in [5.41, 5.74) is 0. The number of halogens is 1. The van der Waals surface area contributed by atoms with Crippen LogP contribution in [0.5, 0.6) is 0 Å². The van der Waals surface area contributed by atoms with E-state index in [1.807, 2.05) is 0 Å². The van der Waals surface area contributed by atoms with Gasteiger partial charge in [-0.25, -0.2) is 4.99 Å². The molecule has 2 aliphatic heterocycles. The van der Waals surface area contributed by atoms with Crippen molar-refractivity contribution < 1.29 is 14.3 Å². The molecule has 2 aliphatic rings. The minimum atomic E-state index is 0. The smallest absolute Gasteiger partial charge is 0.243 e. The third kappa shape index (κ3) is 8.95. The number of hydrogen-bond acceptors (Lipinski definition) is 4. The van der Waals surface area contributed by atoms with Crippen LogP contribution < -0.4 is 5.32 Å². The maximum absolute atomic E-state index is 11.9. The largest absolute Gasteiger partial charge is 0.376 e. The summed E-state index contributed by atoms with van der Waals surface area (Å²) in [5, 5.41) is 3.42. The van der Waals surface area contributed by atoms with Crippen molar-refractivity contribution in [3.05, 3.63) is 0 Å². The van der Waals surface area contributed by atoms with Gasteiger partial charge in [0.25, 0.3) is 0 Å². The van der Waals surface area contributed by atoms with E-state index in [9.17, 15) is 4.79 Å². The monoisotopic (exact) mass is 496 g/mol. The summed E-state index contributed by atoms with van der Waals surface area (Å²) in [6, 6.07) is 0. The molecule has 0 spiro atoms. The summed E-state index contributed by atoms with van der Waals surface area (Å²) in [4.78, 5) is 20.3. The van der Waals surface area contributed by atoms with Crippen molar-refractivity contribution in [2.45, 2.75) is 51.7 Å². The zero-order valence-corrected chi connectivity index (χ0v) is 19.6. The molecular formula is C19H37IN4O3. The predicted molar refractivity (Wildman–Crippen MR) is 119 cm³/mol. The number of nitrogens with zero attached hydrogens (tertiary/aromatic N) is 3. The van der Waals surface area contributed by atoms with Gasteiger partial charge in [-0.3, -0.25) is 4.79 Å². The van der Waals surface area contributed by atoms with E-state index < -0.39 is 0 Å². The molecule has 1 N–H and O–H groups in total. The number of carbonyl (C=O) groups is 1. The molecule has 0 aliphatic carbocycles. The Kier molecular flexibility index (Phi) is 11.6. The number of rotatable bonds is 7. The fourth-order valence-corrected chi connectivity index (χ4v) is 3.10. The van der Waals surface area contributed by atoms with E-state index >= 15 is 0 Å². The van der Waals surface area contributed by atoms with Gasteiger partial charge in [0.05, 0.1) is 18.8 Å². The van der Waals surface area contributed by atoms with Crippen molar-refractivity contribution in [3.63, 3.8) is 0 Å². The molecule has 2 saturated heterocycles. The van der Waals surface area contributed by atoms with E-state index in [2.05, 4.69) is 29.1 Å². The van der Waals surface area contributed by atoms with Crippen LogP contribution in [0.25, 0.3) is 0 Å². The van der Waals surface area contributed by atoms with Gasteiger partial charge in [-0.2, -0.15) is 0 Å². The van der Waals surface area contributed by atoms with Gasteiger partial charge in [-0.1, -0.05) is 13.8 Å². The number of aliphatic imine (C=N–C) groups is 1. The first-order chi connectivity index (χ1) is 12.5. The molecule has 7 nitrogen and oxygen atoms in total. The highest BCUT2D eigenvalue weighted by atomic mass is 127. The lowest BCUT2D eigenvalue weighted by molar-refractivity contribution is -0.127. The van der Waals surface area contributed by atoms with Crippen LogP contribution in [0.4, 0.5) is 0 Å². The normalized spacial score (nSPS) is 21.3. The Morgan fingerprint density at radius 1 is 1.30 bits per heavy atom. The van der Waals surface area contributed by atoms with Crippen LogP contribution in [0.2, 0.25) is 0 Å². The van der Waals surface area contributed by atoms with Gasteiger partial charge < -0.3 is 24.6 Å². The molecule has 0 radical (unpaired) electrons. The lowest BCUT2D eigenvalue weighted by Gasteiger charge is -2.35. The van der Waals surface area contributed by atoms with Crippen molar-refractivity contribution in [1.82, 2.24) is 15.1 Å². The molecule has 0 aromatic carbocycles. The maximum Gasteiger partial charge on any atom is 0.243 e. The molecule has 0 aromatic rings. The molecule has 2 rings (SSSR count). The van der Waals surface area contributed by atoms with Gasteiger partial charge in [0.2, 0.25) is 5.91 Å². The van der Waals surface area contributed by atoms with Crippen molar-refractivity contribution in [2.75, 3.05) is 53.5 Å². The van der Waals surface area contributed by atoms with Crippen molar-refractivity contribution >= 4 is 35.8 Å². The van der Waals surface area contributed by atoms with Crippen LogP contribution in [0, 0.1) is 5.92 Å². The van der Waals surface area contributed by atoms with Gasteiger partial charge in [-0.05, 0) is 31.6 Å². The van der Waals surface area contributed by atoms with Gasteiger partial charge >= 0.3 is 0 Å². The highest BCUT2D eigenvalue weighted by molar-refractivity contribution is 14.0. The number of amides is 1. The topological polar surface area (TPSA) is 66.4 Å². The summed E-state index contributed by atoms with van der Waals surface area (Å²) in [7, 11) is 3.52. The SMILES string of the molecule is CC(C)CNC(=NCC(=O)N(C)C)N1CCC(OCC2CCCO2)CC1.I. The highest BCUT2D eigenvalue weighted by Crippen LogP contribution is 2.18. The fourth-order valence-electron chi connectivity index (χ4n) is 3.10. The number of likely N-dealkylation sites (tertiary alicyclic amines) is 1. The van der Waals surface area contributed by atoms with E-state index in [1.54, 1.807) is 19.0 Å². The Morgan fingerprint density at radius 2 is 2.00 bits per heavy atom. The standard InChI is InChI=1S/C19H36N4O3.HI/c1-15(2)12-20-19(21-13-18(24)22(3)4)23-9-7-16(8-10-23)26-14-17-6-5-11-25-17;/h15-17H,5-14H2,1-4H3,(H,20,21);1H. The summed E-state index contributed by atoms with van der Waals surface area (Å²) in [6.07, 6.45) is 4.82. The zero-order chi connectivity index (χ0) is 18.9. The number of ether oxygens (including phenoxy) is 2. The Bertz CT molecular complexity index is 460. The Morgan fingerprint density at radius 3 is 2.56 bits per heavy atom. The third-order valence-electron chi connectivity index (χ3n) is 4.81. The Hall–Kier alpha value is -0.610. The molecule has 158 valence electrons. The van der Waals surface area contributed by atoms with Gasteiger partial charge in [-0.15, -0.1) is 24.0 Å². The fraction of sp³-hybridized carbons (Fsp3) is 0.895. The molecule has 1 unspecified atom stereocenters. The van der Waals surface area contributed by atoms with E-state index in [1.165, 1.54) is 0 Å². The molecule has 2 heterocycles. The zero-order valence-electron chi connectivity index (χ0n) is 17.3. The van der Waals surface area contributed by atoms with Crippen LogP contribution in [-0.2, 0) is 14.3 Å². The number of nitrogens with one attached hydrogen (secondary N) is 1. The minimum Gasteiger partial charge on any atom is -0.376 e. The number of likely N-dealkylation sites (N-methyl/N-ethyl adjacent to an activating group) is 1. The second-order valence-corrected chi connectivity index (χ2v) is 7.86. The van der Waals surface area contributed by atoms with Crippen LogP contribution in [-0.4, -0.2) is 87.4 Å². The second-order valence-electron chi connectivity index (χ2n) is 7.86. The molecule has 2 fully saturated rings. The second kappa shape index (κ2) is 12.8. The summed E-state index contributed by atoms with van der Waals surface area (Å²) in [6.45, 7) is 8.76. The molecule has 8 heteroatoms. The average molecular weight is 496 g/mol. The van der Waals surface area contributed by atoms with Gasteiger partial charge in [0, 0.05) is 40.3 Å². The molecule has 0 aromatic heterocycles. The summed E-state index contributed by atoms with van der Waals surface area (Å²) >= 11 is 0. The maximum atomic E-state index is 11.9. The predicted octanol–water partition coefficient (Wildman–Crippen LogP) is 1.95. The number of guanidine groups is 1. The van der Waals surface area contributed by atoms with Crippen LogP contribution in [0.3, 0.4) is 0 Å². The lowest BCUT2D eigenvalue weighted by Crippen LogP contribution is -2.48. The molecule has 0 bridgehead atoms. The van der Waals surface area contributed by atoms with Crippen LogP contribution in [0.15, 0.2) is 4.99 Å². The third-order valence-corrected chi connectivity index (χ3v) is 4.81. The molecule has 0 saturated carbocycles. The average Bonchev–Trinajstić information content (AvgIpc) is 3.13. The number of piperidine rings is 1. The van der Waals surface area contributed by atoms with E-state index in [4.69, 9.17) is 9.47 Å². The Balaban J connectivity index is 0.00000364. The van der Waals surface area contributed by atoms with Crippen LogP contribution in [0.1, 0.15) is 39.5 Å². The van der Waals surface area contributed by atoms with Crippen molar-refractivity contribution in [2.24, 2.45) is 10.9 Å². The summed E-state index contributed by atoms with van der Waals surface area (Å²) in [5.74, 6) is 1.38. The first-order valence-corrected chi connectivity index (χ1v) is 9.92. The lowest BCUT2D eigenvalue weighted by atomic mass is 10.1. The number of carbonyl (C=O) groups excluding carboxylic acids is 1. The summed E-state index contributed by atoms with van der Waals surface area (Å²) < 4.78 is 11.7. The van der Waals surface area contributed by atoms with Gasteiger partial charge in [0.15, 0.2) is 5.96 Å². The molecular weight excluding hydrogens is 459 g/mol. The van der Waals surface area contributed by atoms with Gasteiger partial charge in [0.1, 0.15) is 6.54 Å². The van der Waals surface area contributed by atoms with E-state index in [-0.39, 0.29) is 42.5 Å². The molecule has 27 heavy (non-hydrogen) atoms. The molecule has 1 atom stereocenters. The highest BCUT2D eigenvalue weighted by Gasteiger charge is 2.24. The number of hydrogen-bond donors (Lipinski definition) is 1. The van der Waals surface area contributed by atoms with Crippen molar-refractivity contribution in [3.8, 4) is 0 Å². The van der Waals surface area contributed by atoms with E-state index in [0.29, 0.717) is 18.6 Å². The Labute approximate surface area is 181 Å². The quantitative estimate of drug-likeness (QED) is 0.332. The van der Waals surface area contributed by atoms with Crippen molar-refractivity contribution in [1.29, 1.82) is 0 Å². The first kappa shape index (κ1) is 24.4. The minimum absolute atomic E-state index is 0. The van der Waals surface area contributed by atoms with E-state index in [0.717, 1.165) is 57.9 Å². The van der Waals surface area contributed by atoms with Crippen LogP contribution >= 0.6 is 24.0 Å². The molecule has 1 amide bonds. The first-order valence-electron chi connectivity index (χ1n) is 9.92.